The van der Waals surface area contributed by atoms with Crippen molar-refractivity contribution in [3.8, 4) is 5.69 Å². The van der Waals surface area contributed by atoms with Crippen molar-refractivity contribution in [2.24, 2.45) is 0 Å². The minimum atomic E-state index is -0.0464. The van der Waals surface area contributed by atoms with E-state index in [-0.39, 0.29) is 5.91 Å². The maximum Gasteiger partial charge on any atom is 0.251 e. The maximum absolute atomic E-state index is 12.3. The molecule has 4 nitrogen and oxygen atoms in total. The minimum Gasteiger partial charge on any atom is -0.352 e. The smallest absolute Gasteiger partial charge is 0.251 e. The maximum atomic E-state index is 12.3. The lowest BCUT2D eigenvalue weighted by molar-refractivity contribution is 0.0954. The summed E-state index contributed by atoms with van der Waals surface area (Å²) in [4.78, 5) is 16.6. The molecule has 1 amide bonds. The Balaban J connectivity index is 1.59. The number of hydrogen-bond donors (Lipinski definition) is 1. The molecule has 0 spiro atoms. The zero-order valence-corrected chi connectivity index (χ0v) is 15.2. The molecule has 1 aromatic heterocycles. The first-order valence-electron chi connectivity index (χ1n) is 8.19. The molecule has 0 saturated heterocycles. The molecule has 0 fully saturated rings. The van der Waals surface area contributed by atoms with Crippen molar-refractivity contribution in [1.29, 1.82) is 0 Å². The van der Waals surface area contributed by atoms with Crippen LogP contribution in [0.15, 0.2) is 66.1 Å². The van der Waals surface area contributed by atoms with Crippen molar-refractivity contribution in [1.82, 2.24) is 14.9 Å². The summed E-state index contributed by atoms with van der Waals surface area (Å²) in [5, 5.41) is 3.91. The van der Waals surface area contributed by atoms with E-state index < -0.39 is 0 Å². The Hall–Kier alpha value is -2.53. The van der Waals surface area contributed by atoms with E-state index in [1.807, 2.05) is 47.4 Å². The molecule has 3 aromatic rings. The first-order chi connectivity index (χ1) is 12.2. The van der Waals surface area contributed by atoms with Crippen LogP contribution in [0.2, 0.25) is 0 Å². The number of imidazole rings is 1. The molecule has 0 saturated carbocycles. The van der Waals surface area contributed by atoms with Crippen LogP contribution in [0, 0.1) is 6.92 Å². The summed E-state index contributed by atoms with van der Waals surface area (Å²) in [5.74, 6) is -0.0464. The number of carbonyl (C=O) groups is 1. The lowest BCUT2D eigenvalue weighted by Gasteiger charge is -2.08. The monoisotopic (exact) mass is 351 g/mol. The Morgan fingerprint density at radius 1 is 1.20 bits per heavy atom. The Kier molecular flexibility index (Phi) is 5.56. The van der Waals surface area contributed by atoms with Gasteiger partial charge in [-0.05, 0) is 49.4 Å². The van der Waals surface area contributed by atoms with Gasteiger partial charge in [0.05, 0.1) is 0 Å². The van der Waals surface area contributed by atoms with Gasteiger partial charge in [-0.2, -0.15) is 0 Å². The predicted molar refractivity (Wildman–Crippen MR) is 103 cm³/mol. The first kappa shape index (κ1) is 17.3. The van der Waals surface area contributed by atoms with Gasteiger partial charge in [0.15, 0.2) is 5.16 Å². The summed E-state index contributed by atoms with van der Waals surface area (Å²) in [5.41, 5.74) is 4.14. The average Bonchev–Trinajstić information content (AvgIpc) is 3.10. The van der Waals surface area contributed by atoms with Crippen molar-refractivity contribution in [3.63, 3.8) is 0 Å². The standard InChI is InChI=1S/C20H21N3OS/c1-15-4-3-5-16(14-15)10-11-21-19(24)17-6-8-18(9-7-17)23-13-12-22-20(23)25-2/h3-9,12-14H,10-11H2,1-2H3,(H,21,24). The van der Waals surface area contributed by atoms with Crippen LogP contribution in [0.25, 0.3) is 5.69 Å². The van der Waals surface area contributed by atoms with Crippen molar-refractivity contribution in [2.45, 2.75) is 18.5 Å². The topological polar surface area (TPSA) is 46.9 Å². The van der Waals surface area contributed by atoms with Crippen LogP contribution in [0.1, 0.15) is 21.5 Å². The Morgan fingerprint density at radius 3 is 2.72 bits per heavy atom. The third-order valence-corrected chi connectivity index (χ3v) is 4.65. The van der Waals surface area contributed by atoms with Gasteiger partial charge in [0.2, 0.25) is 0 Å². The van der Waals surface area contributed by atoms with E-state index in [1.165, 1.54) is 11.1 Å². The van der Waals surface area contributed by atoms with Gasteiger partial charge in [-0.1, -0.05) is 41.6 Å². The van der Waals surface area contributed by atoms with Crippen LogP contribution < -0.4 is 5.32 Å². The molecule has 2 aromatic carbocycles. The van der Waals surface area contributed by atoms with Gasteiger partial charge in [0.1, 0.15) is 0 Å². The third kappa shape index (κ3) is 4.31. The predicted octanol–water partition coefficient (Wildman–Crippen LogP) is 3.88. The van der Waals surface area contributed by atoms with E-state index in [0.717, 1.165) is 17.3 Å². The molecule has 128 valence electrons. The van der Waals surface area contributed by atoms with Crippen molar-refractivity contribution >= 4 is 17.7 Å². The fraction of sp³-hybridized carbons (Fsp3) is 0.200. The molecule has 0 bridgehead atoms. The van der Waals surface area contributed by atoms with Gasteiger partial charge < -0.3 is 5.32 Å². The van der Waals surface area contributed by atoms with Crippen molar-refractivity contribution in [2.75, 3.05) is 12.8 Å². The van der Waals surface area contributed by atoms with Crippen LogP contribution in [0.4, 0.5) is 0 Å². The van der Waals surface area contributed by atoms with Crippen LogP contribution >= 0.6 is 11.8 Å². The second-order valence-corrected chi connectivity index (χ2v) is 6.60. The SMILES string of the molecule is CSc1nccn1-c1ccc(C(=O)NCCc2cccc(C)c2)cc1. The number of carbonyl (C=O) groups excluding carboxylic acids is 1. The highest BCUT2D eigenvalue weighted by Gasteiger charge is 2.07. The van der Waals surface area contributed by atoms with E-state index in [9.17, 15) is 4.79 Å². The zero-order valence-electron chi connectivity index (χ0n) is 14.4. The summed E-state index contributed by atoms with van der Waals surface area (Å²) in [7, 11) is 0. The highest BCUT2D eigenvalue weighted by atomic mass is 32.2. The Bertz CT molecular complexity index is 855. The number of hydrogen-bond acceptors (Lipinski definition) is 3. The fourth-order valence-corrected chi connectivity index (χ4v) is 3.23. The van der Waals surface area contributed by atoms with Gasteiger partial charge in [0.25, 0.3) is 5.91 Å². The minimum absolute atomic E-state index is 0.0464. The van der Waals surface area contributed by atoms with Crippen LogP contribution in [0.3, 0.4) is 0 Å². The van der Waals surface area contributed by atoms with Gasteiger partial charge in [0, 0.05) is 30.2 Å². The zero-order chi connectivity index (χ0) is 17.6. The summed E-state index contributed by atoms with van der Waals surface area (Å²) >= 11 is 1.59. The number of nitrogens with one attached hydrogen (secondary N) is 1. The van der Waals surface area contributed by atoms with E-state index in [1.54, 1.807) is 18.0 Å². The molecule has 25 heavy (non-hydrogen) atoms. The normalized spacial score (nSPS) is 10.6. The molecule has 0 unspecified atom stereocenters. The quantitative estimate of drug-likeness (QED) is 0.686. The number of thioether (sulfide) groups is 1. The molecule has 3 rings (SSSR count). The number of amides is 1. The summed E-state index contributed by atoms with van der Waals surface area (Å²) in [6.45, 7) is 2.70. The molecule has 0 atom stereocenters. The largest absolute Gasteiger partial charge is 0.352 e. The summed E-state index contributed by atoms with van der Waals surface area (Å²) in [6, 6.07) is 15.9. The second kappa shape index (κ2) is 8.03. The van der Waals surface area contributed by atoms with E-state index in [4.69, 9.17) is 0 Å². The summed E-state index contributed by atoms with van der Waals surface area (Å²) in [6.07, 6.45) is 6.52. The van der Waals surface area contributed by atoms with Crippen LogP contribution in [-0.4, -0.2) is 28.3 Å². The first-order valence-corrected chi connectivity index (χ1v) is 9.41. The Morgan fingerprint density at radius 2 is 2.00 bits per heavy atom. The fourth-order valence-electron chi connectivity index (χ4n) is 2.70. The van der Waals surface area contributed by atoms with Gasteiger partial charge in [-0.3, -0.25) is 9.36 Å². The number of aromatic nitrogens is 2. The number of benzene rings is 2. The van der Waals surface area contributed by atoms with E-state index >= 15 is 0 Å². The lowest BCUT2D eigenvalue weighted by Crippen LogP contribution is -2.25. The van der Waals surface area contributed by atoms with Gasteiger partial charge in [-0.15, -0.1) is 0 Å². The summed E-state index contributed by atoms with van der Waals surface area (Å²) < 4.78 is 2.00. The third-order valence-electron chi connectivity index (χ3n) is 3.98. The van der Waals surface area contributed by atoms with Crippen LogP contribution in [0.5, 0.6) is 0 Å². The molecule has 0 radical (unpaired) electrons. The van der Waals surface area contributed by atoms with Crippen molar-refractivity contribution in [3.05, 3.63) is 77.6 Å². The molecular formula is C20H21N3OS. The molecule has 0 aliphatic heterocycles. The van der Waals surface area contributed by atoms with E-state index in [2.05, 4.69) is 35.4 Å². The average molecular weight is 351 g/mol. The molecule has 0 aliphatic rings. The highest BCUT2D eigenvalue weighted by Crippen LogP contribution is 2.18. The van der Waals surface area contributed by atoms with E-state index in [0.29, 0.717) is 12.1 Å². The molecule has 0 aliphatic carbocycles. The van der Waals surface area contributed by atoms with Gasteiger partial charge in [-0.25, -0.2) is 4.98 Å². The number of aryl methyl sites for hydroxylation is 1. The number of nitrogens with zero attached hydrogens (tertiary/aromatic N) is 2. The van der Waals surface area contributed by atoms with Gasteiger partial charge >= 0.3 is 0 Å². The lowest BCUT2D eigenvalue weighted by atomic mass is 10.1. The number of rotatable bonds is 6. The molecular weight excluding hydrogens is 330 g/mol. The highest BCUT2D eigenvalue weighted by molar-refractivity contribution is 7.98. The second-order valence-electron chi connectivity index (χ2n) is 5.83. The molecule has 1 N–H and O–H groups in total. The molecule has 5 heteroatoms. The molecule has 1 heterocycles. The van der Waals surface area contributed by atoms with Crippen LogP contribution in [-0.2, 0) is 6.42 Å². The van der Waals surface area contributed by atoms with Crippen molar-refractivity contribution < 1.29 is 4.79 Å². The Labute approximate surface area is 152 Å².